The number of amides is 1. The number of para-hydroxylation sites is 1. The van der Waals surface area contributed by atoms with Crippen molar-refractivity contribution >= 4 is 27.3 Å². The second-order valence-electron chi connectivity index (χ2n) is 8.29. The number of benzene rings is 3. The minimum absolute atomic E-state index is 0.0671. The molecule has 1 amide bonds. The van der Waals surface area contributed by atoms with Crippen LogP contribution >= 0.6 is 0 Å². The highest BCUT2D eigenvalue weighted by molar-refractivity contribution is 7.89. The maximum absolute atomic E-state index is 13.1. The maximum atomic E-state index is 13.1. The molecule has 0 unspecified atom stereocenters. The number of nitrogens with one attached hydrogen (secondary N) is 1. The Morgan fingerprint density at radius 1 is 0.941 bits per heavy atom. The van der Waals surface area contributed by atoms with Crippen molar-refractivity contribution in [1.82, 2.24) is 4.31 Å². The molecule has 176 valence electrons. The summed E-state index contributed by atoms with van der Waals surface area (Å²) in [5, 5.41) is 13.7. The van der Waals surface area contributed by atoms with Gasteiger partial charge < -0.3 is 5.32 Å². The number of sulfonamides is 1. The lowest BCUT2D eigenvalue weighted by Gasteiger charge is -2.31. The lowest BCUT2D eigenvalue weighted by Crippen LogP contribution is -2.38. The zero-order chi connectivity index (χ0) is 24.1. The molecule has 0 aliphatic carbocycles. The lowest BCUT2D eigenvalue weighted by molar-refractivity contribution is -0.385. The van der Waals surface area contributed by atoms with Gasteiger partial charge in [0.05, 0.1) is 9.82 Å². The van der Waals surface area contributed by atoms with E-state index in [1.54, 1.807) is 6.07 Å². The number of nitro benzene ring substituents is 1. The van der Waals surface area contributed by atoms with Gasteiger partial charge in [-0.25, -0.2) is 8.42 Å². The standard InChI is InChI=1S/C25H25N3O5S/c29-25(23-8-4-5-9-24(23)28(30)31)26-21-10-12-22(13-11-21)34(32,33)27-16-14-20(15-17-27)18-19-6-2-1-3-7-19/h1-13,20H,14-18H2,(H,26,29). The third kappa shape index (κ3) is 5.32. The molecule has 1 saturated heterocycles. The molecule has 0 saturated carbocycles. The van der Waals surface area contributed by atoms with Crippen molar-refractivity contribution in [3.8, 4) is 0 Å². The first-order valence-corrected chi connectivity index (χ1v) is 12.5. The monoisotopic (exact) mass is 479 g/mol. The van der Waals surface area contributed by atoms with Crippen LogP contribution in [-0.4, -0.2) is 36.6 Å². The predicted octanol–water partition coefficient (Wildman–Crippen LogP) is 4.49. The minimum atomic E-state index is -3.64. The summed E-state index contributed by atoms with van der Waals surface area (Å²) < 4.78 is 27.7. The van der Waals surface area contributed by atoms with Gasteiger partial charge in [0.25, 0.3) is 11.6 Å². The molecule has 3 aromatic rings. The number of nitrogens with zero attached hydrogens (tertiary/aromatic N) is 2. The van der Waals surface area contributed by atoms with Crippen LogP contribution < -0.4 is 5.32 Å². The van der Waals surface area contributed by atoms with Gasteiger partial charge in [0.15, 0.2) is 0 Å². The molecule has 3 aromatic carbocycles. The Bertz CT molecular complexity index is 1270. The Morgan fingerprint density at radius 2 is 1.56 bits per heavy atom. The number of piperidine rings is 1. The Hall–Kier alpha value is -3.56. The van der Waals surface area contributed by atoms with Crippen molar-refractivity contribution in [2.45, 2.75) is 24.2 Å². The summed E-state index contributed by atoms with van der Waals surface area (Å²) in [7, 11) is -3.64. The second kappa shape index (κ2) is 10.1. The molecule has 0 aromatic heterocycles. The Labute approximate surface area is 198 Å². The predicted molar refractivity (Wildman–Crippen MR) is 129 cm³/mol. The van der Waals surface area contributed by atoms with Gasteiger partial charge in [0.2, 0.25) is 10.0 Å². The summed E-state index contributed by atoms with van der Waals surface area (Å²) in [6.07, 6.45) is 2.55. The molecule has 4 rings (SSSR count). The van der Waals surface area contributed by atoms with E-state index in [4.69, 9.17) is 0 Å². The molecule has 1 aliphatic heterocycles. The van der Waals surface area contributed by atoms with E-state index in [-0.39, 0.29) is 16.1 Å². The van der Waals surface area contributed by atoms with E-state index in [9.17, 15) is 23.3 Å². The highest BCUT2D eigenvalue weighted by atomic mass is 32.2. The van der Waals surface area contributed by atoms with Crippen molar-refractivity contribution in [3.63, 3.8) is 0 Å². The number of carbonyl (C=O) groups is 1. The molecule has 8 nitrogen and oxygen atoms in total. The molecular weight excluding hydrogens is 454 g/mol. The van der Waals surface area contributed by atoms with E-state index in [2.05, 4.69) is 17.4 Å². The molecular formula is C25H25N3O5S. The van der Waals surface area contributed by atoms with Crippen molar-refractivity contribution in [3.05, 3.63) is 100 Å². The van der Waals surface area contributed by atoms with Crippen LogP contribution in [0.3, 0.4) is 0 Å². The van der Waals surface area contributed by atoms with E-state index >= 15 is 0 Å². The summed E-state index contributed by atoms with van der Waals surface area (Å²) in [6, 6.07) is 21.7. The number of rotatable bonds is 7. The van der Waals surface area contributed by atoms with Crippen LogP contribution in [0.4, 0.5) is 11.4 Å². The van der Waals surface area contributed by atoms with E-state index < -0.39 is 20.9 Å². The van der Waals surface area contributed by atoms with Crippen LogP contribution in [0, 0.1) is 16.0 Å². The zero-order valence-corrected chi connectivity index (χ0v) is 19.3. The van der Waals surface area contributed by atoms with Gasteiger partial charge in [-0.2, -0.15) is 4.31 Å². The van der Waals surface area contributed by atoms with Crippen LogP contribution in [0.1, 0.15) is 28.8 Å². The summed E-state index contributed by atoms with van der Waals surface area (Å²) in [4.78, 5) is 23.2. The number of hydrogen-bond donors (Lipinski definition) is 1. The normalized spacial score (nSPS) is 15.1. The Balaban J connectivity index is 1.38. The highest BCUT2D eigenvalue weighted by Crippen LogP contribution is 2.27. The van der Waals surface area contributed by atoms with Crippen molar-refractivity contribution in [2.24, 2.45) is 5.92 Å². The fraction of sp³-hybridized carbons (Fsp3) is 0.240. The number of anilines is 1. The molecule has 1 N–H and O–H groups in total. The van der Waals surface area contributed by atoms with Crippen LogP contribution in [0.25, 0.3) is 0 Å². The molecule has 1 aliphatic rings. The number of hydrogen-bond acceptors (Lipinski definition) is 5. The largest absolute Gasteiger partial charge is 0.322 e. The first-order chi connectivity index (χ1) is 16.3. The summed E-state index contributed by atoms with van der Waals surface area (Å²) >= 11 is 0. The molecule has 0 spiro atoms. The van der Waals surface area contributed by atoms with Crippen molar-refractivity contribution < 1.29 is 18.1 Å². The summed E-state index contributed by atoms with van der Waals surface area (Å²) in [5.74, 6) is -0.183. The first-order valence-electron chi connectivity index (χ1n) is 11.0. The SMILES string of the molecule is O=C(Nc1ccc(S(=O)(=O)N2CCC(Cc3ccccc3)CC2)cc1)c1ccccc1[N+](=O)[O-]. The van der Waals surface area contributed by atoms with Gasteiger partial charge in [-0.05, 0) is 61.1 Å². The molecule has 0 atom stereocenters. The third-order valence-corrected chi connectivity index (χ3v) is 7.95. The van der Waals surface area contributed by atoms with Crippen molar-refractivity contribution in [1.29, 1.82) is 0 Å². The molecule has 0 radical (unpaired) electrons. The topological polar surface area (TPSA) is 110 Å². The first kappa shape index (κ1) is 23.6. The van der Waals surface area contributed by atoms with Crippen LogP contribution in [0.5, 0.6) is 0 Å². The minimum Gasteiger partial charge on any atom is -0.322 e. The van der Waals surface area contributed by atoms with Gasteiger partial charge in [0, 0.05) is 24.8 Å². The Morgan fingerprint density at radius 3 is 2.21 bits per heavy atom. The van der Waals surface area contributed by atoms with Crippen LogP contribution in [0.15, 0.2) is 83.8 Å². The number of carbonyl (C=O) groups excluding carboxylic acids is 1. The summed E-state index contributed by atoms with van der Waals surface area (Å²) in [5.41, 5.74) is 1.25. The molecule has 1 fully saturated rings. The quantitative estimate of drug-likeness (QED) is 0.397. The van der Waals surface area contributed by atoms with Gasteiger partial charge in [-0.15, -0.1) is 0 Å². The van der Waals surface area contributed by atoms with Crippen LogP contribution in [-0.2, 0) is 16.4 Å². The van der Waals surface area contributed by atoms with Gasteiger partial charge >= 0.3 is 0 Å². The van der Waals surface area contributed by atoms with E-state index in [0.29, 0.717) is 24.7 Å². The molecule has 0 bridgehead atoms. The third-order valence-electron chi connectivity index (χ3n) is 6.04. The average Bonchev–Trinajstić information content (AvgIpc) is 2.85. The molecule has 1 heterocycles. The average molecular weight is 480 g/mol. The van der Waals surface area contributed by atoms with Gasteiger partial charge in [-0.1, -0.05) is 42.5 Å². The highest BCUT2D eigenvalue weighted by Gasteiger charge is 2.29. The molecule has 34 heavy (non-hydrogen) atoms. The maximum Gasteiger partial charge on any atom is 0.282 e. The second-order valence-corrected chi connectivity index (χ2v) is 10.2. The van der Waals surface area contributed by atoms with E-state index in [1.807, 2.05) is 18.2 Å². The summed E-state index contributed by atoms with van der Waals surface area (Å²) in [6.45, 7) is 0.936. The van der Waals surface area contributed by atoms with E-state index in [1.165, 1.54) is 52.3 Å². The lowest BCUT2D eigenvalue weighted by atomic mass is 9.91. The molecule has 9 heteroatoms. The van der Waals surface area contributed by atoms with Gasteiger partial charge in [0.1, 0.15) is 5.56 Å². The fourth-order valence-electron chi connectivity index (χ4n) is 4.18. The fourth-order valence-corrected chi connectivity index (χ4v) is 5.65. The number of nitro groups is 1. The smallest absolute Gasteiger partial charge is 0.282 e. The zero-order valence-electron chi connectivity index (χ0n) is 18.5. The van der Waals surface area contributed by atoms with Gasteiger partial charge in [-0.3, -0.25) is 14.9 Å². The Kier molecular flexibility index (Phi) is 7.04. The van der Waals surface area contributed by atoms with E-state index in [0.717, 1.165) is 19.3 Å². The van der Waals surface area contributed by atoms with Crippen LogP contribution in [0.2, 0.25) is 0 Å². The van der Waals surface area contributed by atoms with Crippen molar-refractivity contribution in [2.75, 3.05) is 18.4 Å².